The molecule has 0 saturated carbocycles. The molecule has 1 amide bonds. The first kappa shape index (κ1) is 11.4. The highest BCUT2D eigenvalue weighted by Gasteiger charge is 2.04. The molecule has 0 aromatic carbocycles. The summed E-state index contributed by atoms with van der Waals surface area (Å²) >= 11 is 0. The summed E-state index contributed by atoms with van der Waals surface area (Å²) in [4.78, 5) is 21.6. The van der Waals surface area contributed by atoms with E-state index >= 15 is 0 Å². The second-order valence-electron chi connectivity index (χ2n) is 3.59. The van der Waals surface area contributed by atoms with Crippen LogP contribution in [0.15, 0.2) is 12.3 Å². The van der Waals surface area contributed by atoms with Crippen LogP contribution in [0.1, 0.15) is 30.8 Å². The zero-order chi connectivity index (χ0) is 11.3. The third-order valence-electron chi connectivity index (χ3n) is 1.80. The summed E-state index contributed by atoms with van der Waals surface area (Å²) in [7, 11) is 0. The van der Waals surface area contributed by atoms with E-state index in [4.69, 9.17) is 0 Å². The molecule has 82 valence electrons. The maximum Gasteiger partial charge on any atom is 0.222 e. The lowest BCUT2D eigenvalue weighted by atomic mass is 10.3. The van der Waals surface area contributed by atoms with Crippen LogP contribution in [0, 0.1) is 0 Å². The second kappa shape index (κ2) is 5.29. The van der Waals surface area contributed by atoms with E-state index in [1.165, 1.54) is 0 Å². The minimum absolute atomic E-state index is 0.00634. The number of aldehydes is 1. The van der Waals surface area contributed by atoms with Gasteiger partial charge in [0, 0.05) is 25.2 Å². The number of carbonyl (C=O) groups is 2. The minimum Gasteiger partial charge on any atom is -0.354 e. The van der Waals surface area contributed by atoms with Crippen molar-refractivity contribution in [2.45, 2.75) is 32.9 Å². The lowest BCUT2D eigenvalue weighted by Crippen LogP contribution is -2.30. The summed E-state index contributed by atoms with van der Waals surface area (Å²) in [6, 6.07) is 1.77. The average Bonchev–Trinajstić information content (AvgIpc) is 2.61. The average molecular weight is 209 g/mol. The molecule has 5 nitrogen and oxygen atoms in total. The molecule has 1 aromatic rings. The Balaban J connectivity index is 2.36. The number of carbonyl (C=O) groups excluding carboxylic acids is 2. The van der Waals surface area contributed by atoms with Crippen LogP contribution in [0.4, 0.5) is 0 Å². The summed E-state index contributed by atoms with van der Waals surface area (Å²) in [5.41, 5.74) is 0.388. The Morgan fingerprint density at radius 2 is 2.40 bits per heavy atom. The number of hydrogen-bond donors (Lipinski definition) is 1. The van der Waals surface area contributed by atoms with Gasteiger partial charge in [-0.05, 0) is 19.9 Å². The molecule has 0 bridgehead atoms. The number of nitrogens with zero attached hydrogens (tertiary/aromatic N) is 2. The molecule has 0 radical (unpaired) electrons. The topological polar surface area (TPSA) is 64.0 Å². The van der Waals surface area contributed by atoms with Gasteiger partial charge in [-0.2, -0.15) is 5.10 Å². The van der Waals surface area contributed by atoms with Crippen LogP contribution in [0.25, 0.3) is 0 Å². The Hall–Kier alpha value is -1.65. The number of nitrogens with one attached hydrogen (secondary N) is 1. The maximum atomic E-state index is 11.3. The zero-order valence-electron chi connectivity index (χ0n) is 8.93. The molecular formula is C10H15N3O2. The van der Waals surface area contributed by atoms with E-state index in [0.29, 0.717) is 24.9 Å². The maximum absolute atomic E-state index is 11.3. The predicted molar refractivity (Wildman–Crippen MR) is 55.5 cm³/mol. The molecular weight excluding hydrogens is 194 g/mol. The molecule has 0 aliphatic rings. The Kier molecular flexibility index (Phi) is 4.03. The number of hydrogen-bond acceptors (Lipinski definition) is 3. The first-order valence-corrected chi connectivity index (χ1v) is 4.90. The van der Waals surface area contributed by atoms with E-state index in [1.54, 1.807) is 16.9 Å². The second-order valence-corrected chi connectivity index (χ2v) is 3.59. The first-order valence-electron chi connectivity index (χ1n) is 4.90. The number of aromatic nitrogens is 2. The van der Waals surface area contributed by atoms with E-state index in [2.05, 4.69) is 10.4 Å². The fourth-order valence-electron chi connectivity index (χ4n) is 1.18. The summed E-state index contributed by atoms with van der Waals surface area (Å²) in [5.74, 6) is -0.00634. The van der Waals surface area contributed by atoms with Crippen LogP contribution in [-0.2, 0) is 11.3 Å². The smallest absolute Gasteiger partial charge is 0.222 e. The van der Waals surface area contributed by atoms with Crippen molar-refractivity contribution in [3.63, 3.8) is 0 Å². The Bertz CT molecular complexity index is 344. The molecule has 0 saturated heterocycles. The van der Waals surface area contributed by atoms with E-state index in [9.17, 15) is 9.59 Å². The van der Waals surface area contributed by atoms with Crippen LogP contribution in [-0.4, -0.2) is 28.0 Å². The first-order chi connectivity index (χ1) is 7.11. The van der Waals surface area contributed by atoms with Crippen molar-refractivity contribution in [3.05, 3.63) is 18.0 Å². The summed E-state index contributed by atoms with van der Waals surface area (Å²) in [6.07, 6.45) is 2.75. The molecule has 1 heterocycles. The van der Waals surface area contributed by atoms with Gasteiger partial charge in [0.25, 0.3) is 0 Å². The highest BCUT2D eigenvalue weighted by molar-refractivity contribution is 5.76. The molecule has 0 fully saturated rings. The van der Waals surface area contributed by atoms with Gasteiger partial charge < -0.3 is 5.32 Å². The summed E-state index contributed by atoms with van der Waals surface area (Å²) in [5, 5.41) is 6.73. The van der Waals surface area contributed by atoms with Crippen molar-refractivity contribution in [2.75, 3.05) is 0 Å². The van der Waals surface area contributed by atoms with Gasteiger partial charge in [-0.15, -0.1) is 0 Å². The molecule has 1 rings (SSSR count). The Morgan fingerprint density at radius 3 is 2.93 bits per heavy atom. The fraction of sp³-hybridized carbons (Fsp3) is 0.500. The lowest BCUT2D eigenvalue weighted by Gasteiger charge is -2.07. The van der Waals surface area contributed by atoms with Crippen molar-refractivity contribution in [1.82, 2.24) is 15.1 Å². The van der Waals surface area contributed by atoms with Gasteiger partial charge in [-0.25, -0.2) is 0 Å². The lowest BCUT2D eigenvalue weighted by molar-refractivity contribution is -0.121. The number of rotatable bonds is 5. The van der Waals surface area contributed by atoms with Crippen LogP contribution >= 0.6 is 0 Å². The van der Waals surface area contributed by atoms with Gasteiger partial charge >= 0.3 is 0 Å². The van der Waals surface area contributed by atoms with Crippen molar-refractivity contribution in [2.24, 2.45) is 0 Å². The highest BCUT2D eigenvalue weighted by Crippen LogP contribution is 1.94. The largest absolute Gasteiger partial charge is 0.354 e. The zero-order valence-corrected chi connectivity index (χ0v) is 8.93. The standard InChI is InChI=1S/C10H15N3O2/c1-8(2)11-10(15)4-6-13-5-3-9(7-14)12-13/h3,5,7-8H,4,6H2,1-2H3,(H,11,15). The molecule has 15 heavy (non-hydrogen) atoms. The third kappa shape index (κ3) is 3.93. The van der Waals surface area contributed by atoms with Gasteiger partial charge in [0.1, 0.15) is 5.69 Å². The van der Waals surface area contributed by atoms with Gasteiger partial charge in [-0.3, -0.25) is 14.3 Å². The van der Waals surface area contributed by atoms with Crippen LogP contribution in [0.2, 0.25) is 0 Å². The summed E-state index contributed by atoms with van der Waals surface area (Å²) in [6.45, 7) is 4.32. The minimum atomic E-state index is -0.00634. The van der Waals surface area contributed by atoms with E-state index in [0.717, 1.165) is 0 Å². The molecule has 0 atom stereocenters. The summed E-state index contributed by atoms with van der Waals surface area (Å²) < 4.78 is 1.59. The molecule has 0 aliphatic carbocycles. The predicted octanol–water partition coefficient (Wildman–Crippen LogP) is 0.610. The fourth-order valence-corrected chi connectivity index (χ4v) is 1.18. The van der Waals surface area contributed by atoms with Crippen LogP contribution < -0.4 is 5.32 Å². The van der Waals surface area contributed by atoms with Gasteiger partial charge in [0.2, 0.25) is 5.91 Å². The SMILES string of the molecule is CC(C)NC(=O)CCn1ccc(C=O)n1. The van der Waals surface area contributed by atoms with Crippen molar-refractivity contribution in [3.8, 4) is 0 Å². The van der Waals surface area contributed by atoms with E-state index in [1.807, 2.05) is 13.8 Å². The quantitative estimate of drug-likeness (QED) is 0.723. The molecule has 1 N–H and O–H groups in total. The number of aryl methyl sites for hydroxylation is 1. The molecule has 1 aromatic heterocycles. The van der Waals surface area contributed by atoms with Gasteiger partial charge in [-0.1, -0.05) is 0 Å². The van der Waals surface area contributed by atoms with Crippen LogP contribution in [0.3, 0.4) is 0 Å². The highest BCUT2D eigenvalue weighted by atomic mass is 16.1. The van der Waals surface area contributed by atoms with Crippen molar-refractivity contribution < 1.29 is 9.59 Å². The third-order valence-corrected chi connectivity index (χ3v) is 1.80. The Labute approximate surface area is 88.5 Å². The van der Waals surface area contributed by atoms with Crippen LogP contribution in [0.5, 0.6) is 0 Å². The van der Waals surface area contributed by atoms with E-state index < -0.39 is 0 Å². The molecule has 0 unspecified atom stereocenters. The number of amides is 1. The van der Waals surface area contributed by atoms with Crippen molar-refractivity contribution in [1.29, 1.82) is 0 Å². The van der Waals surface area contributed by atoms with Gasteiger partial charge in [0.15, 0.2) is 6.29 Å². The Morgan fingerprint density at radius 1 is 1.67 bits per heavy atom. The van der Waals surface area contributed by atoms with Crippen molar-refractivity contribution >= 4 is 12.2 Å². The molecule has 0 aliphatic heterocycles. The molecule has 0 spiro atoms. The normalized spacial score (nSPS) is 10.3. The van der Waals surface area contributed by atoms with E-state index in [-0.39, 0.29) is 11.9 Å². The van der Waals surface area contributed by atoms with Gasteiger partial charge in [0.05, 0.1) is 0 Å². The monoisotopic (exact) mass is 209 g/mol. The molecule has 5 heteroatoms.